The smallest absolute Gasteiger partial charge is 0.355 e. The molecule has 2 aliphatic heterocycles. The summed E-state index contributed by atoms with van der Waals surface area (Å²) < 4.78 is 23.3. The molecular weight excluding hydrogens is 526 g/mol. The Bertz CT molecular complexity index is 1310. The van der Waals surface area contributed by atoms with Crippen molar-refractivity contribution in [2.75, 3.05) is 13.2 Å². The molecule has 0 saturated carbocycles. The van der Waals surface area contributed by atoms with Crippen molar-refractivity contribution in [2.24, 2.45) is 0 Å². The van der Waals surface area contributed by atoms with E-state index in [1.54, 1.807) is 24.8 Å². The van der Waals surface area contributed by atoms with Crippen LogP contribution >= 0.6 is 27.7 Å². The molecule has 1 aromatic carbocycles. The summed E-state index contributed by atoms with van der Waals surface area (Å²) in [7, 11) is 0. The summed E-state index contributed by atoms with van der Waals surface area (Å²) >= 11 is 4.82. The molecule has 0 aliphatic carbocycles. The van der Waals surface area contributed by atoms with Crippen molar-refractivity contribution in [2.45, 2.75) is 46.3 Å². The SMILES string of the molecule is CCOC(=O)C1=C(C(=O)OCC)N2C(C)=C(C)SC2OC1c1coc2c(Br)cc(C)cc2c1=O. The number of carbonyl (C=O) groups is 2. The summed E-state index contributed by atoms with van der Waals surface area (Å²) in [6.45, 7) is 9.13. The van der Waals surface area contributed by atoms with Crippen molar-refractivity contribution in [3.8, 4) is 0 Å². The van der Waals surface area contributed by atoms with Gasteiger partial charge >= 0.3 is 11.9 Å². The van der Waals surface area contributed by atoms with E-state index in [0.717, 1.165) is 16.2 Å². The summed E-state index contributed by atoms with van der Waals surface area (Å²) in [4.78, 5) is 42.5. The molecule has 2 aliphatic rings. The van der Waals surface area contributed by atoms with E-state index >= 15 is 0 Å². The summed E-state index contributed by atoms with van der Waals surface area (Å²) in [5, 5.41) is 0.334. The molecule has 10 heteroatoms. The van der Waals surface area contributed by atoms with Gasteiger partial charge in [-0.05, 0) is 68.2 Å². The molecule has 0 amide bonds. The van der Waals surface area contributed by atoms with Crippen LogP contribution in [0.3, 0.4) is 0 Å². The third-order valence-electron chi connectivity index (χ3n) is 5.62. The van der Waals surface area contributed by atoms with Gasteiger partial charge in [0.2, 0.25) is 0 Å². The highest BCUT2D eigenvalue weighted by Gasteiger charge is 2.48. The van der Waals surface area contributed by atoms with Gasteiger partial charge in [0.25, 0.3) is 0 Å². The Kier molecular flexibility index (Phi) is 6.93. The number of ether oxygens (including phenoxy) is 3. The first-order valence-corrected chi connectivity index (χ1v) is 12.5. The van der Waals surface area contributed by atoms with Crippen molar-refractivity contribution in [1.82, 2.24) is 4.90 Å². The summed E-state index contributed by atoms with van der Waals surface area (Å²) in [5.74, 6) is -1.46. The topological polar surface area (TPSA) is 95.3 Å². The van der Waals surface area contributed by atoms with E-state index in [-0.39, 0.29) is 35.5 Å². The normalized spacial score (nSPS) is 20.1. The zero-order chi connectivity index (χ0) is 24.7. The minimum Gasteiger partial charge on any atom is -0.462 e. The molecule has 0 N–H and O–H groups in total. The van der Waals surface area contributed by atoms with Gasteiger partial charge in [-0.2, -0.15) is 0 Å². The molecule has 34 heavy (non-hydrogen) atoms. The first-order chi connectivity index (χ1) is 16.2. The van der Waals surface area contributed by atoms with Crippen LogP contribution in [0.2, 0.25) is 0 Å². The second-order valence-corrected chi connectivity index (χ2v) is 9.91. The van der Waals surface area contributed by atoms with Crippen LogP contribution < -0.4 is 5.43 Å². The monoisotopic (exact) mass is 549 g/mol. The highest BCUT2D eigenvalue weighted by atomic mass is 79.9. The zero-order valence-corrected chi connectivity index (χ0v) is 21.8. The number of nitrogens with zero attached hydrogens (tertiary/aromatic N) is 1. The molecule has 3 heterocycles. The van der Waals surface area contributed by atoms with Crippen LogP contribution in [0.4, 0.5) is 0 Å². The van der Waals surface area contributed by atoms with Crippen LogP contribution in [0.5, 0.6) is 0 Å². The van der Waals surface area contributed by atoms with Gasteiger partial charge in [-0.3, -0.25) is 4.79 Å². The lowest BCUT2D eigenvalue weighted by Crippen LogP contribution is -2.43. The second kappa shape index (κ2) is 9.59. The highest BCUT2D eigenvalue weighted by molar-refractivity contribution is 9.10. The fourth-order valence-electron chi connectivity index (χ4n) is 4.00. The average Bonchev–Trinajstić information content (AvgIpc) is 3.06. The van der Waals surface area contributed by atoms with Crippen LogP contribution in [0.25, 0.3) is 11.0 Å². The van der Waals surface area contributed by atoms with Crippen LogP contribution in [0.15, 0.2) is 54.0 Å². The standard InChI is InChI=1S/C24H24BrNO7S/c1-6-30-22(28)17-18(23(29)31-7-2)26-12(4)13(5)34-24(26)33-21(17)15-10-32-20-14(19(15)27)8-11(3)9-16(20)25/h8-10,21,24H,6-7H2,1-5H3. The van der Waals surface area contributed by atoms with E-state index in [9.17, 15) is 14.4 Å². The van der Waals surface area contributed by atoms with Gasteiger partial charge in [0.1, 0.15) is 23.6 Å². The lowest BCUT2D eigenvalue weighted by Gasteiger charge is -2.38. The minimum atomic E-state index is -1.19. The first-order valence-electron chi connectivity index (χ1n) is 10.8. The van der Waals surface area contributed by atoms with Gasteiger partial charge in [0.05, 0.1) is 28.6 Å². The first kappa shape index (κ1) is 24.6. The van der Waals surface area contributed by atoms with Crippen molar-refractivity contribution in [3.05, 3.63) is 66.1 Å². The lowest BCUT2D eigenvalue weighted by molar-refractivity contribution is -0.149. The van der Waals surface area contributed by atoms with Gasteiger partial charge in [0.15, 0.2) is 16.6 Å². The number of aryl methyl sites for hydroxylation is 1. The van der Waals surface area contributed by atoms with Crippen LogP contribution in [-0.2, 0) is 23.8 Å². The number of benzene rings is 1. The van der Waals surface area contributed by atoms with Gasteiger partial charge in [-0.25, -0.2) is 9.59 Å². The van der Waals surface area contributed by atoms with Crippen molar-refractivity contribution < 1.29 is 28.2 Å². The van der Waals surface area contributed by atoms with E-state index in [0.29, 0.717) is 15.4 Å². The average molecular weight is 550 g/mol. The molecule has 2 unspecified atom stereocenters. The minimum absolute atomic E-state index is 0.00770. The summed E-state index contributed by atoms with van der Waals surface area (Å²) in [6.07, 6.45) is 0.0886. The molecule has 8 nitrogen and oxygen atoms in total. The zero-order valence-electron chi connectivity index (χ0n) is 19.4. The van der Waals surface area contributed by atoms with Gasteiger partial charge in [-0.1, -0.05) is 11.8 Å². The van der Waals surface area contributed by atoms with Crippen molar-refractivity contribution in [3.63, 3.8) is 0 Å². The van der Waals surface area contributed by atoms with E-state index in [4.69, 9.17) is 18.6 Å². The van der Waals surface area contributed by atoms with Crippen LogP contribution in [0.1, 0.15) is 44.9 Å². The predicted molar refractivity (Wildman–Crippen MR) is 131 cm³/mol. The Morgan fingerprint density at radius 3 is 2.47 bits per heavy atom. The molecule has 1 aromatic heterocycles. The Morgan fingerprint density at radius 2 is 1.79 bits per heavy atom. The Morgan fingerprint density at radius 1 is 1.12 bits per heavy atom. The molecule has 0 radical (unpaired) electrons. The Labute approximate surface area is 209 Å². The summed E-state index contributed by atoms with van der Waals surface area (Å²) in [5.41, 5.74) is 0.974. The number of carbonyl (C=O) groups excluding carboxylic acids is 2. The molecular formula is C24H24BrNO7S. The maximum Gasteiger partial charge on any atom is 0.355 e. The molecule has 0 bridgehead atoms. The molecule has 0 saturated heterocycles. The molecule has 180 valence electrons. The van der Waals surface area contributed by atoms with Crippen LogP contribution in [-0.4, -0.2) is 35.6 Å². The highest BCUT2D eigenvalue weighted by Crippen LogP contribution is 2.49. The lowest BCUT2D eigenvalue weighted by atomic mass is 9.97. The molecule has 0 fully saturated rings. The van der Waals surface area contributed by atoms with Crippen LogP contribution in [0, 0.1) is 6.92 Å². The van der Waals surface area contributed by atoms with Gasteiger partial charge < -0.3 is 23.5 Å². The number of fused-ring (bicyclic) bond motifs is 2. The number of esters is 2. The van der Waals surface area contributed by atoms with E-state index in [2.05, 4.69) is 15.9 Å². The van der Waals surface area contributed by atoms with Gasteiger partial charge in [-0.15, -0.1) is 0 Å². The fraction of sp³-hybridized carbons (Fsp3) is 0.375. The predicted octanol–water partition coefficient (Wildman–Crippen LogP) is 4.90. The largest absolute Gasteiger partial charge is 0.462 e. The number of thioether (sulfide) groups is 1. The second-order valence-electron chi connectivity index (χ2n) is 7.80. The molecule has 0 spiro atoms. The number of hydrogen-bond acceptors (Lipinski definition) is 9. The Hall–Kier alpha value is -2.56. The number of halogens is 1. The Balaban J connectivity index is 1.99. The maximum atomic E-state index is 13.6. The number of hydrogen-bond donors (Lipinski definition) is 0. The number of rotatable bonds is 5. The molecule has 4 rings (SSSR count). The molecule has 2 atom stereocenters. The number of allylic oxidation sites excluding steroid dienone is 2. The van der Waals surface area contributed by atoms with Crippen molar-refractivity contribution >= 4 is 50.6 Å². The quantitative estimate of drug-likeness (QED) is 0.482. The van der Waals surface area contributed by atoms with Gasteiger partial charge in [0, 0.05) is 10.6 Å². The summed E-state index contributed by atoms with van der Waals surface area (Å²) in [6, 6.07) is 3.56. The molecule has 2 aromatic rings. The fourth-order valence-corrected chi connectivity index (χ4v) is 5.77. The van der Waals surface area contributed by atoms with E-state index < -0.39 is 23.6 Å². The van der Waals surface area contributed by atoms with E-state index in [1.807, 2.05) is 26.8 Å². The maximum absolute atomic E-state index is 13.6. The third-order valence-corrected chi connectivity index (χ3v) is 7.38. The third kappa shape index (κ3) is 4.08. The van der Waals surface area contributed by atoms with E-state index in [1.165, 1.54) is 18.0 Å². The van der Waals surface area contributed by atoms with Crippen molar-refractivity contribution in [1.29, 1.82) is 0 Å².